The van der Waals surface area contributed by atoms with E-state index in [4.69, 9.17) is 14.2 Å². The van der Waals surface area contributed by atoms with E-state index in [1.807, 2.05) is 13.8 Å². The van der Waals surface area contributed by atoms with Gasteiger partial charge in [-0.05, 0) is 43.9 Å². The van der Waals surface area contributed by atoms with E-state index in [0.29, 0.717) is 6.42 Å². The van der Waals surface area contributed by atoms with Crippen LogP contribution in [0.4, 0.5) is 13.2 Å². The average molecular weight is 352 g/mol. The van der Waals surface area contributed by atoms with Gasteiger partial charge < -0.3 is 19.3 Å². The molecule has 3 aliphatic rings. The highest BCUT2D eigenvalue weighted by Gasteiger charge is 2.71. The van der Waals surface area contributed by atoms with Crippen LogP contribution in [0.15, 0.2) is 0 Å². The molecule has 0 amide bonds. The number of epoxide rings is 1. The molecule has 0 bridgehead atoms. The summed E-state index contributed by atoms with van der Waals surface area (Å²) in [5.41, 5.74) is -0.296. The van der Waals surface area contributed by atoms with Gasteiger partial charge in [0.15, 0.2) is 0 Å². The minimum atomic E-state index is -4.30. The quantitative estimate of drug-likeness (QED) is 0.590. The summed E-state index contributed by atoms with van der Waals surface area (Å²) in [6.07, 6.45) is -1.66. The molecular weight excluding hydrogens is 325 g/mol. The molecule has 3 fully saturated rings. The van der Waals surface area contributed by atoms with Gasteiger partial charge in [0.05, 0.1) is 23.9 Å². The Morgan fingerprint density at radius 1 is 1.29 bits per heavy atom. The first-order chi connectivity index (χ1) is 11.1. The summed E-state index contributed by atoms with van der Waals surface area (Å²) in [6.45, 7) is 2.85. The first-order valence-corrected chi connectivity index (χ1v) is 8.66. The zero-order chi connectivity index (χ0) is 17.8. The van der Waals surface area contributed by atoms with Crippen LogP contribution in [0.2, 0.25) is 0 Å². The Morgan fingerprint density at radius 2 is 1.96 bits per heavy atom. The molecule has 0 unspecified atom stereocenters. The van der Waals surface area contributed by atoms with Crippen LogP contribution in [-0.2, 0) is 14.2 Å². The van der Waals surface area contributed by atoms with Crippen LogP contribution in [0.5, 0.6) is 0 Å². The molecule has 0 radical (unpaired) electrons. The fourth-order valence-corrected chi connectivity index (χ4v) is 4.91. The van der Waals surface area contributed by atoms with Crippen LogP contribution < -0.4 is 0 Å². The Balaban J connectivity index is 1.61. The monoisotopic (exact) mass is 352 g/mol. The van der Waals surface area contributed by atoms with Crippen LogP contribution in [0.3, 0.4) is 0 Å². The number of ether oxygens (including phenoxy) is 3. The molecule has 140 valence electrons. The Bertz CT molecular complexity index is 465. The molecular formula is C17H27F3O4. The molecule has 1 saturated heterocycles. The fraction of sp³-hybridized carbons (Fsp3) is 1.00. The van der Waals surface area contributed by atoms with Gasteiger partial charge in [-0.1, -0.05) is 6.92 Å². The van der Waals surface area contributed by atoms with Gasteiger partial charge in [-0.3, -0.25) is 0 Å². The number of aliphatic hydroxyl groups is 1. The van der Waals surface area contributed by atoms with Crippen LogP contribution in [0.1, 0.15) is 39.5 Å². The van der Waals surface area contributed by atoms with Crippen molar-refractivity contribution in [2.24, 2.45) is 17.3 Å². The maximum atomic E-state index is 12.1. The summed E-state index contributed by atoms with van der Waals surface area (Å²) in [4.78, 5) is 0. The Kier molecular flexibility index (Phi) is 4.69. The lowest BCUT2D eigenvalue weighted by atomic mass is 9.63. The minimum Gasteiger partial charge on any atom is -0.390 e. The number of hydrogen-bond donors (Lipinski definition) is 1. The molecule has 2 saturated carbocycles. The highest BCUT2D eigenvalue weighted by Crippen LogP contribution is 2.68. The lowest BCUT2D eigenvalue weighted by molar-refractivity contribution is -0.174. The lowest BCUT2D eigenvalue weighted by Crippen LogP contribution is -2.54. The zero-order valence-corrected chi connectivity index (χ0v) is 14.4. The van der Waals surface area contributed by atoms with Crippen molar-refractivity contribution in [3.05, 3.63) is 0 Å². The van der Waals surface area contributed by atoms with Gasteiger partial charge in [0.25, 0.3) is 0 Å². The number of halogens is 3. The fourth-order valence-electron chi connectivity index (χ4n) is 4.91. The number of alkyl halides is 3. The average Bonchev–Trinajstić information content (AvgIpc) is 3.37. The smallest absolute Gasteiger partial charge is 0.390 e. The molecule has 0 aromatic carbocycles. The van der Waals surface area contributed by atoms with E-state index < -0.39 is 24.5 Å². The van der Waals surface area contributed by atoms with E-state index in [-0.39, 0.29) is 36.1 Å². The third-order valence-electron chi connectivity index (χ3n) is 6.19. The van der Waals surface area contributed by atoms with E-state index in [2.05, 4.69) is 0 Å². The molecule has 1 spiro atoms. The van der Waals surface area contributed by atoms with Gasteiger partial charge in [0.2, 0.25) is 0 Å². The molecule has 1 heterocycles. The van der Waals surface area contributed by atoms with E-state index in [1.54, 1.807) is 7.11 Å². The third-order valence-corrected chi connectivity index (χ3v) is 6.19. The number of methoxy groups -OCH3 is 1. The maximum Gasteiger partial charge on any atom is 0.411 e. The maximum absolute atomic E-state index is 12.1. The first kappa shape index (κ1) is 18.4. The molecule has 2 aliphatic carbocycles. The van der Waals surface area contributed by atoms with Crippen LogP contribution >= 0.6 is 0 Å². The Labute approximate surface area is 140 Å². The largest absolute Gasteiger partial charge is 0.411 e. The summed E-state index contributed by atoms with van der Waals surface area (Å²) in [5, 5.41) is 10.5. The molecule has 0 aromatic rings. The number of hydrogen-bond acceptors (Lipinski definition) is 4. The van der Waals surface area contributed by atoms with Gasteiger partial charge >= 0.3 is 6.18 Å². The number of rotatable bonds is 6. The predicted molar refractivity (Wildman–Crippen MR) is 80.5 cm³/mol. The van der Waals surface area contributed by atoms with E-state index in [9.17, 15) is 18.3 Å². The van der Waals surface area contributed by atoms with Crippen molar-refractivity contribution in [1.29, 1.82) is 0 Å². The van der Waals surface area contributed by atoms with Crippen molar-refractivity contribution in [2.45, 2.75) is 69.6 Å². The highest BCUT2D eigenvalue weighted by molar-refractivity contribution is 5.19. The van der Waals surface area contributed by atoms with Crippen molar-refractivity contribution < 1.29 is 32.5 Å². The lowest BCUT2D eigenvalue weighted by Gasteiger charge is -2.46. The summed E-state index contributed by atoms with van der Waals surface area (Å²) in [7, 11) is 1.61. The molecule has 1 aliphatic heterocycles. The molecule has 0 aromatic heterocycles. The summed E-state index contributed by atoms with van der Waals surface area (Å²) in [6, 6.07) is 0. The van der Waals surface area contributed by atoms with Crippen molar-refractivity contribution in [3.63, 3.8) is 0 Å². The van der Waals surface area contributed by atoms with Crippen LogP contribution in [0, 0.1) is 17.3 Å². The standard InChI is InChI=1S/C17H27F3O4/c1-10-8-16(5-6-16)14(13(22-3)12(10)21)15(2)11(24-15)4-7-23-9-17(18,19)20/h10-14,21H,4-9H2,1-3H3/t10-,11+,12+,13+,14+,15-/m0/s1. The molecule has 4 nitrogen and oxygen atoms in total. The van der Waals surface area contributed by atoms with Gasteiger partial charge in [0.1, 0.15) is 6.61 Å². The van der Waals surface area contributed by atoms with Gasteiger partial charge in [-0.15, -0.1) is 0 Å². The van der Waals surface area contributed by atoms with E-state index in [0.717, 1.165) is 19.3 Å². The Morgan fingerprint density at radius 3 is 2.50 bits per heavy atom. The van der Waals surface area contributed by atoms with Gasteiger partial charge in [-0.2, -0.15) is 13.2 Å². The summed E-state index contributed by atoms with van der Waals surface area (Å²) in [5.74, 6) is 0.262. The van der Waals surface area contributed by atoms with Crippen molar-refractivity contribution in [2.75, 3.05) is 20.3 Å². The van der Waals surface area contributed by atoms with E-state index >= 15 is 0 Å². The highest BCUT2D eigenvalue weighted by atomic mass is 19.4. The molecule has 6 atom stereocenters. The molecule has 1 N–H and O–H groups in total. The minimum absolute atomic E-state index is 0.0239. The van der Waals surface area contributed by atoms with Crippen molar-refractivity contribution >= 4 is 0 Å². The van der Waals surface area contributed by atoms with Gasteiger partial charge in [0, 0.05) is 19.6 Å². The second-order valence-electron chi connectivity index (χ2n) is 7.96. The zero-order valence-electron chi connectivity index (χ0n) is 14.4. The predicted octanol–water partition coefficient (Wildman–Crippen LogP) is 2.93. The normalized spacial score (nSPS) is 43.9. The van der Waals surface area contributed by atoms with Gasteiger partial charge in [-0.25, -0.2) is 0 Å². The first-order valence-electron chi connectivity index (χ1n) is 8.66. The molecule has 24 heavy (non-hydrogen) atoms. The van der Waals surface area contributed by atoms with Crippen LogP contribution in [-0.4, -0.2) is 55.5 Å². The van der Waals surface area contributed by atoms with E-state index in [1.165, 1.54) is 0 Å². The summed E-state index contributed by atoms with van der Waals surface area (Å²) < 4.78 is 52.6. The second-order valence-corrected chi connectivity index (χ2v) is 7.96. The Hall–Kier alpha value is -0.370. The topological polar surface area (TPSA) is 51.2 Å². The second kappa shape index (κ2) is 6.11. The summed E-state index contributed by atoms with van der Waals surface area (Å²) >= 11 is 0. The third kappa shape index (κ3) is 3.32. The van der Waals surface area contributed by atoms with Crippen LogP contribution in [0.25, 0.3) is 0 Å². The van der Waals surface area contributed by atoms with Crippen molar-refractivity contribution in [1.82, 2.24) is 0 Å². The molecule has 3 rings (SSSR count). The molecule has 7 heteroatoms. The SMILES string of the molecule is CO[C@@H]1[C@H](O)[C@@H](C)CC2(CC2)[C@H]1[C@@]1(C)O[C@@H]1CCOCC(F)(F)F. The van der Waals surface area contributed by atoms with Crippen molar-refractivity contribution in [3.8, 4) is 0 Å². The number of aliphatic hydroxyl groups excluding tert-OH is 1.